The van der Waals surface area contributed by atoms with Gasteiger partial charge in [-0.2, -0.15) is 0 Å². The van der Waals surface area contributed by atoms with Crippen LogP contribution in [-0.4, -0.2) is 67.8 Å². The second-order valence-electron chi connectivity index (χ2n) is 5.74. The monoisotopic (exact) mass is 253 g/mol. The van der Waals surface area contributed by atoms with E-state index >= 15 is 0 Å². The Bertz CT molecular complexity index is 293. The predicted molar refractivity (Wildman–Crippen MR) is 68.5 cm³/mol. The van der Waals surface area contributed by atoms with Gasteiger partial charge in [0, 0.05) is 39.3 Å². The van der Waals surface area contributed by atoms with E-state index < -0.39 is 0 Å². The molecular formula is C13H23N3O2. The highest BCUT2D eigenvalue weighted by Crippen LogP contribution is 2.29. The average Bonchev–Trinajstić information content (AvgIpc) is 3.04. The van der Waals surface area contributed by atoms with Crippen LogP contribution in [0.5, 0.6) is 0 Å². The van der Waals surface area contributed by atoms with Gasteiger partial charge < -0.3 is 15.0 Å². The molecule has 1 unspecified atom stereocenters. The summed E-state index contributed by atoms with van der Waals surface area (Å²) in [5.74, 6) is 0.945. The van der Waals surface area contributed by atoms with Crippen molar-refractivity contribution in [2.24, 2.45) is 5.92 Å². The molecule has 2 amide bonds. The maximum Gasteiger partial charge on any atom is 0.317 e. The van der Waals surface area contributed by atoms with Crippen LogP contribution in [-0.2, 0) is 4.74 Å². The number of ether oxygens (including phenoxy) is 1. The van der Waals surface area contributed by atoms with Gasteiger partial charge in [-0.15, -0.1) is 0 Å². The van der Waals surface area contributed by atoms with Gasteiger partial charge in [0.25, 0.3) is 0 Å². The number of rotatable bonds is 3. The van der Waals surface area contributed by atoms with Crippen molar-refractivity contribution in [1.29, 1.82) is 0 Å². The lowest BCUT2D eigenvalue weighted by Gasteiger charge is -2.35. The van der Waals surface area contributed by atoms with Gasteiger partial charge in [0.15, 0.2) is 0 Å². The van der Waals surface area contributed by atoms with Gasteiger partial charge in [-0.05, 0) is 25.2 Å². The van der Waals surface area contributed by atoms with Crippen LogP contribution in [0, 0.1) is 5.92 Å². The second-order valence-corrected chi connectivity index (χ2v) is 5.74. The highest BCUT2D eigenvalue weighted by atomic mass is 16.5. The Morgan fingerprint density at radius 3 is 2.56 bits per heavy atom. The summed E-state index contributed by atoms with van der Waals surface area (Å²) in [6, 6.07) is 0.318. The van der Waals surface area contributed by atoms with E-state index in [2.05, 4.69) is 10.2 Å². The van der Waals surface area contributed by atoms with Gasteiger partial charge in [0.1, 0.15) is 0 Å². The van der Waals surface area contributed by atoms with Crippen LogP contribution >= 0.6 is 0 Å². The first-order valence-corrected chi connectivity index (χ1v) is 7.17. The summed E-state index contributed by atoms with van der Waals surface area (Å²) in [5, 5.41) is 3.06. The fraction of sp³-hybridized carbons (Fsp3) is 0.923. The Labute approximate surface area is 108 Å². The third-order valence-electron chi connectivity index (χ3n) is 4.13. The number of hydrogen-bond donors (Lipinski definition) is 1. The maximum atomic E-state index is 12.0. The number of urea groups is 1. The number of carbonyl (C=O) groups excluding carboxylic acids is 1. The van der Waals surface area contributed by atoms with Crippen molar-refractivity contribution in [3.05, 3.63) is 0 Å². The first-order chi connectivity index (χ1) is 8.81. The van der Waals surface area contributed by atoms with Crippen LogP contribution in [0.25, 0.3) is 0 Å². The number of piperazine rings is 1. The molecule has 2 aliphatic heterocycles. The van der Waals surface area contributed by atoms with Gasteiger partial charge in [0.2, 0.25) is 0 Å². The molecule has 1 aliphatic carbocycles. The van der Waals surface area contributed by atoms with E-state index in [9.17, 15) is 4.79 Å². The highest BCUT2D eigenvalue weighted by Gasteiger charge is 2.28. The lowest BCUT2D eigenvalue weighted by Crippen LogP contribution is -2.53. The molecule has 1 saturated carbocycles. The van der Waals surface area contributed by atoms with Gasteiger partial charge in [-0.25, -0.2) is 4.79 Å². The molecule has 2 heterocycles. The van der Waals surface area contributed by atoms with Crippen molar-refractivity contribution in [3.63, 3.8) is 0 Å². The zero-order valence-electron chi connectivity index (χ0n) is 10.9. The van der Waals surface area contributed by atoms with E-state index in [1.54, 1.807) is 0 Å². The van der Waals surface area contributed by atoms with Crippen LogP contribution < -0.4 is 5.32 Å². The SMILES string of the molecule is O=C(NC1CCOC1)N1CCN(CC2CC2)CC1. The number of nitrogens with one attached hydrogen (secondary N) is 1. The minimum absolute atomic E-state index is 0.0940. The molecule has 0 aromatic heterocycles. The Hall–Kier alpha value is -0.810. The Balaban J connectivity index is 1.39. The van der Waals surface area contributed by atoms with Gasteiger partial charge in [-0.3, -0.25) is 4.90 Å². The smallest absolute Gasteiger partial charge is 0.317 e. The molecule has 5 nitrogen and oxygen atoms in total. The number of carbonyl (C=O) groups is 1. The van der Waals surface area contributed by atoms with E-state index in [-0.39, 0.29) is 12.1 Å². The summed E-state index contributed by atoms with van der Waals surface area (Å²) < 4.78 is 5.27. The van der Waals surface area contributed by atoms with Gasteiger partial charge in [0.05, 0.1) is 12.6 Å². The molecule has 5 heteroatoms. The molecule has 18 heavy (non-hydrogen) atoms. The first-order valence-electron chi connectivity index (χ1n) is 7.17. The van der Waals surface area contributed by atoms with Crippen molar-refractivity contribution >= 4 is 6.03 Å². The lowest BCUT2D eigenvalue weighted by molar-refractivity contribution is 0.132. The summed E-state index contributed by atoms with van der Waals surface area (Å²) in [5.41, 5.74) is 0. The minimum Gasteiger partial charge on any atom is -0.379 e. The number of amides is 2. The van der Waals surface area contributed by atoms with E-state index in [0.717, 1.165) is 45.1 Å². The van der Waals surface area contributed by atoms with Gasteiger partial charge >= 0.3 is 6.03 Å². The van der Waals surface area contributed by atoms with Crippen LogP contribution in [0.1, 0.15) is 19.3 Å². The fourth-order valence-electron chi connectivity index (χ4n) is 2.71. The minimum atomic E-state index is 0.0940. The summed E-state index contributed by atoms with van der Waals surface area (Å²) in [6.45, 7) is 6.49. The molecule has 0 radical (unpaired) electrons. The molecule has 2 saturated heterocycles. The fourth-order valence-corrected chi connectivity index (χ4v) is 2.71. The molecule has 0 aromatic carbocycles. The maximum absolute atomic E-state index is 12.0. The molecule has 3 aliphatic rings. The van der Waals surface area contributed by atoms with E-state index in [0.29, 0.717) is 6.61 Å². The molecule has 0 aromatic rings. The zero-order chi connectivity index (χ0) is 12.4. The van der Waals surface area contributed by atoms with Crippen LogP contribution in [0.3, 0.4) is 0 Å². The van der Waals surface area contributed by atoms with Crippen LogP contribution in [0.15, 0.2) is 0 Å². The van der Waals surface area contributed by atoms with Crippen molar-refractivity contribution < 1.29 is 9.53 Å². The summed E-state index contributed by atoms with van der Waals surface area (Å²) in [6.07, 6.45) is 3.76. The van der Waals surface area contributed by atoms with Crippen molar-refractivity contribution in [3.8, 4) is 0 Å². The summed E-state index contributed by atoms with van der Waals surface area (Å²) in [7, 11) is 0. The number of hydrogen-bond acceptors (Lipinski definition) is 3. The molecule has 1 atom stereocenters. The van der Waals surface area contributed by atoms with Crippen molar-refractivity contribution in [1.82, 2.24) is 15.1 Å². The summed E-state index contributed by atoms with van der Waals surface area (Å²) >= 11 is 0. The Morgan fingerprint density at radius 1 is 1.17 bits per heavy atom. The highest BCUT2D eigenvalue weighted by molar-refractivity contribution is 5.74. The molecule has 102 valence electrons. The Morgan fingerprint density at radius 2 is 1.94 bits per heavy atom. The van der Waals surface area contributed by atoms with Crippen molar-refractivity contribution in [2.45, 2.75) is 25.3 Å². The predicted octanol–water partition coefficient (Wildman–Crippen LogP) is 0.512. The normalized spacial score (nSPS) is 29.6. The summed E-state index contributed by atoms with van der Waals surface area (Å²) in [4.78, 5) is 16.5. The molecule has 3 rings (SSSR count). The molecule has 0 bridgehead atoms. The third kappa shape index (κ3) is 3.14. The standard InChI is InChI=1S/C13H23N3O2/c17-13(14-12-3-8-18-10-12)16-6-4-15(5-7-16)9-11-1-2-11/h11-12H,1-10H2,(H,14,17). The quantitative estimate of drug-likeness (QED) is 0.797. The van der Waals surface area contributed by atoms with Crippen LogP contribution in [0.2, 0.25) is 0 Å². The molecule has 0 spiro atoms. The zero-order valence-corrected chi connectivity index (χ0v) is 10.9. The molecule has 3 fully saturated rings. The number of nitrogens with zero attached hydrogens (tertiary/aromatic N) is 2. The largest absolute Gasteiger partial charge is 0.379 e. The van der Waals surface area contributed by atoms with E-state index in [1.165, 1.54) is 19.4 Å². The van der Waals surface area contributed by atoms with Gasteiger partial charge in [-0.1, -0.05) is 0 Å². The molecule has 1 N–H and O–H groups in total. The van der Waals surface area contributed by atoms with Crippen molar-refractivity contribution in [2.75, 3.05) is 45.9 Å². The first kappa shape index (κ1) is 12.2. The van der Waals surface area contributed by atoms with Crippen LogP contribution in [0.4, 0.5) is 4.79 Å². The van der Waals surface area contributed by atoms with E-state index in [4.69, 9.17) is 4.74 Å². The lowest BCUT2D eigenvalue weighted by atomic mass is 10.2. The average molecular weight is 253 g/mol. The second kappa shape index (κ2) is 5.45. The van der Waals surface area contributed by atoms with E-state index in [1.807, 2.05) is 4.90 Å². The third-order valence-corrected chi connectivity index (χ3v) is 4.13. The molecular weight excluding hydrogens is 230 g/mol. The topological polar surface area (TPSA) is 44.8 Å². The Kier molecular flexibility index (Phi) is 3.70.